The molecule has 0 radical (unpaired) electrons. The van der Waals surface area contributed by atoms with Crippen molar-refractivity contribution in [3.63, 3.8) is 0 Å². The van der Waals surface area contributed by atoms with Gasteiger partial charge in [0.15, 0.2) is 15.6 Å². The minimum absolute atomic E-state index is 0.0879. The van der Waals surface area contributed by atoms with E-state index in [2.05, 4.69) is 4.98 Å². The van der Waals surface area contributed by atoms with Crippen molar-refractivity contribution < 1.29 is 22.7 Å². The van der Waals surface area contributed by atoms with Crippen LogP contribution in [0.25, 0.3) is 0 Å². The van der Waals surface area contributed by atoms with Gasteiger partial charge < -0.3 is 9.72 Å². The number of esters is 1. The Kier molecular flexibility index (Phi) is 5.23. The number of hydrogen-bond donors (Lipinski definition) is 1. The molecule has 1 N–H and O–H groups in total. The van der Waals surface area contributed by atoms with Crippen molar-refractivity contribution in [2.24, 2.45) is 0 Å². The molecule has 24 heavy (non-hydrogen) atoms. The van der Waals surface area contributed by atoms with Crippen molar-refractivity contribution >= 4 is 21.6 Å². The largest absolute Gasteiger partial charge is 0.462 e. The molecule has 0 saturated carbocycles. The molecular weight excluding hydrogens is 330 g/mol. The summed E-state index contributed by atoms with van der Waals surface area (Å²) in [5, 5.41) is 0. The summed E-state index contributed by atoms with van der Waals surface area (Å²) in [6.45, 7) is 5.14. The number of aryl methyl sites for hydroxylation is 1. The van der Waals surface area contributed by atoms with E-state index in [0.29, 0.717) is 11.3 Å². The molecule has 0 bridgehead atoms. The summed E-state index contributed by atoms with van der Waals surface area (Å²) in [6.07, 6.45) is 0. The molecule has 128 valence electrons. The summed E-state index contributed by atoms with van der Waals surface area (Å²) in [5.74, 6) is -1.79. The van der Waals surface area contributed by atoms with Crippen molar-refractivity contribution in [3.8, 4) is 0 Å². The third-order valence-corrected chi connectivity index (χ3v) is 5.25. The van der Waals surface area contributed by atoms with E-state index >= 15 is 0 Å². The molecule has 0 saturated heterocycles. The molecule has 6 nitrogen and oxygen atoms in total. The molecule has 0 aliphatic rings. The fourth-order valence-corrected chi connectivity index (χ4v) is 3.72. The van der Waals surface area contributed by atoms with Crippen molar-refractivity contribution in [2.45, 2.75) is 25.7 Å². The molecular formula is C17H19NO5S. The number of rotatable bonds is 6. The number of carbonyl (C=O) groups is 2. The van der Waals surface area contributed by atoms with Crippen molar-refractivity contribution in [2.75, 3.05) is 12.4 Å². The van der Waals surface area contributed by atoms with Crippen LogP contribution in [0.3, 0.4) is 0 Å². The number of benzene rings is 1. The molecule has 0 amide bonds. The van der Waals surface area contributed by atoms with Crippen molar-refractivity contribution in [1.29, 1.82) is 0 Å². The van der Waals surface area contributed by atoms with Crippen LogP contribution in [0.2, 0.25) is 0 Å². The Balaban J connectivity index is 2.32. The molecule has 0 spiro atoms. The Hall–Kier alpha value is -2.41. The monoisotopic (exact) mass is 349 g/mol. The standard InChI is InChI=1S/C17H19NO5S/c1-4-23-17(20)15-11(2)16(18-12(15)3)14(19)10-24(21,22)13-8-6-5-7-9-13/h5-9,18H,4,10H2,1-3H3. The van der Waals surface area contributed by atoms with Crippen molar-refractivity contribution in [1.82, 2.24) is 4.98 Å². The Morgan fingerprint density at radius 2 is 1.75 bits per heavy atom. The quantitative estimate of drug-likeness (QED) is 0.639. The molecule has 1 heterocycles. The highest BCUT2D eigenvalue weighted by Crippen LogP contribution is 2.21. The fourth-order valence-electron chi connectivity index (χ4n) is 2.49. The third-order valence-electron chi connectivity index (χ3n) is 3.62. The van der Waals surface area contributed by atoms with Crippen LogP contribution in [0.5, 0.6) is 0 Å². The lowest BCUT2D eigenvalue weighted by atomic mass is 10.1. The van der Waals surface area contributed by atoms with Crippen LogP contribution in [-0.2, 0) is 14.6 Å². The highest BCUT2D eigenvalue weighted by atomic mass is 32.2. The van der Waals surface area contributed by atoms with Gasteiger partial charge in [0, 0.05) is 5.69 Å². The zero-order chi connectivity index (χ0) is 17.9. The minimum Gasteiger partial charge on any atom is -0.462 e. The van der Waals surface area contributed by atoms with Gasteiger partial charge in [-0.1, -0.05) is 18.2 Å². The minimum atomic E-state index is -3.74. The predicted molar refractivity (Wildman–Crippen MR) is 89.0 cm³/mol. The maximum Gasteiger partial charge on any atom is 0.340 e. The first-order valence-electron chi connectivity index (χ1n) is 7.45. The number of Topliss-reactive ketones (excluding diaryl/α,β-unsaturated/α-hetero) is 1. The van der Waals surface area contributed by atoms with E-state index in [1.165, 1.54) is 12.1 Å². The number of nitrogens with one attached hydrogen (secondary N) is 1. The summed E-state index contributed by atoms with van der Waals surface area (Å²) in [7, 11) is -3.74. The van der Waals surface area contributed by atoms with Gasteiger partial charge in [-0.2, -0.15) is 0 Å². The Morgan fingerprint density at radius 3 is 2.33 bits per heavy atom. The van der Waals surface area contributed by atoms with Crippen LogP contribution >= 0.6 is 0 Å². The van der Waals surface area contributed by atoms with Gasteiger partial charge in [-0.15, -0.1) is 0 Å². The van der Waals surface area contributed by atoms with Crippen LogP contribution in [0.1, 0.15) is 39.0 Å². The lowest BCUT2D eigenvalue weighted by Crippen LogP contribution is -2.17. The predicted octanol–water partition coefficient (Wildman–Crippen LogP) is 2.46. The van der Waals surface area contributed by atoms with Crippen LogP contribution in [0.15, 0.2) is 35.2 Å². The Labute approximate surface area is 140 Å². The van der Waals surface area contributed by atoms with Crippen LogP contribution in [0.4, 0.5) is 0 Å². The summed E-state index contributed by atoms with van der Waals surface area (Å²) < 4.78 is 29.6. The second-order valence-electron chi connectivity index (χ2n) is 5.34. The molecule has 2 aromatic rings. The van der Waals surface area contributed by atoms with Gasteiger partial charge in [0.05, 0.1) is 22.8 Å². The number of sulfone groups is 1. The molecule has 7 heteroatoms. The van der Waals surface area contributed by atoms with Gasteiger partial charge in [0.25, 0.3) is 0 Å². The average molecular weight is 349 g/mol. The number of carbonyl (C=O) groups excluding carboxylic acids is 2. The Bertz CT molecular complexity index is 866. The van der Waals surface area contributed by atoms with Crippen LogP contribution < -0.4 is 0 Å². The molecule has 0 unspecified atom stereocenters. The number of ketones is 1. The maximum absolute atomic E-state index is 12.4. The molecule has 0 aliphatic carbocycles. The van der Waals surface area contributed by atoms with E-state index in [9.17, 15) is 18.0 Å². The molecule has 0 fully saturated rings. The first-order chi connectivity index (χ1) is 11.3. The normalized spacial score (nSPS) is 11.3. The zero-order valence-electron chi connectivity index (χ0n) is 13.8. The molecule has 2 rings (SSSR count). The summed E-state index contributed by atoms with van der Waals surface area (Å²) in [4.78, 5) is 27.3. The summed E-state index contributed by atoms with van der Waals surface area (Å²) >= 11 is 0. The highest BCUT2D eigenvalue weighted by molar-refractivity contribution is 7.92. The topological polar surface area (TPSA) is 93.3 Å². The molecule has 1 aromatic carbocycles. The van der Waals surface area contributed by atoms with E-state index in [4.69, 9.17) is 4.74 Å². The Morgan fingerprint density at radius 1 is 1.12 bits per heavy atom. The molecule has 0 atom stereocenters. The summed E-state index contributed by atoms with van der Waals surface area (Å²) in [6, 6.07) is 7.78. The van der Waals surface area contributed by atoms with E-state index < -0.39 is 27.3 Å². The van der Waals surface area contributed by atoms with E-state index in [1.54, 1.807) is 39.0 Å². The average Bonchev–Trinajstić information content (AvgIpc) is 2.83. The number of hydrogen-bond acceptors (Lipinski definition) is 5. The number of H-pyrrole nitrogens is 1. The zero-order valence-corrected chi connectivity index (χ0v) is 14.6. The molecule has 0 aliphatic heterocycles. The highest BCUT2D eigenvalue weighted by Gasteiger charge is 2.26. The lowest BCUT2D eigenvalue weighted by molar-refractivity contribution is 0.0525. The van der Waals surface area contributed by atoms with Gasteiger partial charge in [0.1, 0.15) is 5.75 Å². The second kappa shape index (κ2) is 7.00. The fraction of sp³-hybridized carbons (Fsp3) is 0.294. The second-order valence-corrected chi connectivity index (χ2v) is 7.33. The van der Waals surface area contributed by atoms with Crippen LogP contribution in [-0.4, -0.2) is 37.5 Å². The number of aromatic nitrogens is 1. The van der Waals surface area contributed by atoms with E-state index in [0.717, 1.165) is 0 Å². The van der Waals surface area contributed by atoms with Crippen molar-refractivity contribution in [3.05, 3.63) is 52.8 Å². The van der Waals surface area contributed by atoms with E-state index in [1.807, 2.05) is 0 Å². The van der Waals surface area contributed by atoms with Gasteiger partial charge in [-0.25, -0.2) is 13.2 Å². The van der Waals surface area contributed by atoms with Gasteiger partial charge in [-0.05, 0) is 38.5 Å². The van der Waals surface area contributed by atoms with Gasteiger partial charge >= 0.3 is 5.97 Å². The lowest BCUT2D eigenvalue weighted by Gasteiger charge is -2.04. The summed E-state index contributed by atoms with van der Waals surface area (Å²) in [5.41, 5.74) is 1.28. The third kappa shape index (κ3) is 3.56. The number of aromatic amines is 1. The maximum atomic E-state index is 12.4. The van der Waals surface area contributed by atoms with Gasteiger partial charge in [0.2, 0.25) is 0 Å². The van der Waals surface area contributed by atoms with Gasteiger partial charge in [-0.3, -0.25) is 4.79 Å². The smallest absolute Gasteiger partial charge is 0.340 e. The van der Waals surface area contributed by atoms with Crippen LogP contribution in [0, 0.1) is 13.8 Å². The SMILES string of the molecule is CCOC(=O)c1c(C)[nH]c(C(=O)CS(=O)(=O)c2ccccc2)c1C. The van der Waals surface area contributed by atoms with E-state index in [-0.39, 0.29) is 22.8 Å². The molecule has 1 aromatic heterocycles. The first-order valence-corrected chi connectivity index (χ1v) is 9.10. The number of ether oxygens (including phenoxy) is 1. The first kappa shape index (κ1) is 17.9.